The third-order valence-corrected chi connectivity index (χ3v) is 4.16. The van der Waals surface area contributed by atoms with Crippen molar-refractivity contribution in [3.63, 3.8) is 0 Å². The lowest BCUT2D eigenvalue weighted by Gasteiger charge is -2.37. The molecule has 0 aromatic heterocycles. The van der Waals surface area contributed by atoms with Crippen molar-refractivity contribution in [2.75, 3.05) is 37.6 Å². The quantitative estimate of drug-likeness (QED) is 0.847. The van der Waals surface area contributed by atoms with E-state index in [9.17, 15) is 4.39 Å². The number of rotatable bonds is 3. The van der Waals surface area contributed by atoms with Gasteiger partial charge in [-0.25, -0.2) is 4.39 Å². The van der Waals surface area contributed by atoms with Crippen molar-refractivity contribution in [1.29, 1.82) is 0 Å². The fourth-order valence-corrected chi connectivity index (χ4v) is 3.19. The lowest BCUT2D eigenvalue weighted by atomic mass is 10.1. The molecule has 0 amide bonds. The summed E-state index contributed by atoms with van der Waals surface area (Å²) in [5, 5.41) is 2.13. The average molecular weight is 286 g/mol. The summed E-state index contributed by atoms with van der Waals surface area (Å²) in [7, 11) is 0. The monoisotopic (exact) mass is 286 g/mol. The molecule has 1 saturated heterocycles. The van der Waals surface area contributed by atoms with Crippen LogP contribution in [0.5, 0.6) is 0 Å². The summed E-state index contributed by atoms with van der Waals surface area (Å²) in [5.41, 5.74) is 1.16. The fraction of sp³-hybridized carbons (Fsp3) is 0.444. The van der Waals surface area contributed by atoms with Crippen molar-refractivity contribution in [3.05, 3.63) is 42.2 Å². The Bertz CT molecular complexity index is 616. The Morgan fingerprint density at radius 3 is 2.52 bits per heavy atom. The van der Waals surface area contributed by atoms with E-state index in [2.05, 4.69) is 35.8 Å². The lowest BCUT2D eigenvalue weighted by molar-refractivity contribution is 0.231. The summed E-state index contributed by atoms with van der Waals surface area (Å²) in [4.78, 5) is 4.91. The van der Waals surface area contributed by atoms with E-state index in [4.69, 9.17) is 0 Å². The van der Waals surface area contributed by atoms with E-state index in [0.29, 0.717) is 5.92 Å². The van der Waals surface area contributed by atoms with Crippen LogP contribution in [0.25, 0.3) is 10.8 Å². The van der Waals surface area contributed by atoms with Crippen LogP contribution in [-0.2, 0) is 0 Å². The van der Waals surface area contributed by atoms with E-state index in [1.807, 2.05) is 12.1 Å². The zero-order valence-corrected chi connectivity index (χ0v) is 12.8. The van der Waals surface area contributed by atoms with Crippen molar-refractivity contribution in [2.24, 2.45) is 5.92 Å². The molecule has 0 N–H and O–H groups in total. The molecule has 0 bridgehead atoms. The molecular formula is C18H23FN2. The topological polar surface area (TPSA) is 6.48 Å². The second-order valence-electron chi connectivity index (χ2n) is 6.32. The van der Waals surface area contributed by atoms with Crippen molar-refractivity contribution in [3.8, 4) is 0 Å². The van der Waals surface area contributed by atoms with E-state index in [0.717, 1.165) is 49.2 Å². The first kappa shape index (κ1) is 14.3. The average Bonchev–Trinajstić information content (AvgIpc) is 2.47. The minimum Gasteiger partial charge on any atom is -0.368 e. The summed E-state index contributed by atoms with van der Waals surface area (Å²) in [6.45, 7) is 9.90. The van der Waals surface area contributed by atoms with Gasteiger partial charge in [-0.1, -0.05) is 32.0 Å². The Balaban J connectivity index is 1.81. The van der Waals surface area contributed by atoms with Gasteiger partial charge in [-0.15, -0.1) is 0 Å². The molecule has 1 fully saturated rings. The minimum absolute atomic E-state index is 0.159. The molecule has 2 aromatic rings. The van der Waals surface area contributed by atoms with Crippen molar-refractivity contribution < 1.29 is 4.39 Å². The summed E-state index contributed by atoms with van der Waals surface area (Å²) < 4.78 is 13.6. The Morgan fingerprint density at radius 2 is 1.81 bits per heavy atom. The van der Waals surface area contributed by atoms with Crippen LogP contribution in [0.4, 0.5) is 10.1 Å². The summed E-state index contributed by atoms with van der Waals surface area (Å²) in [6, 6.07) is 11.3. The summed E-state index contributed by atoms with van der Waals surface area (Å²) in [5.74, 6) is 0.552. The van der Waals surface area contributed by atoms with Crippen LogP contribution in [0.3, 0.4) is 0 Å². The van der Waals surface area contributed by atoms with Crippen LogP contribution in [0, 0.1) is 11.7 Å². The Kier molecular flexibility index (Phi) is 4.11. The molecule has 1 aliphatic rings. The molecule has 1 heterocycles. The Morgan fingerprint density at radius 1 is 1.05 bits per heavy atom. The van der Waals surface area contributed by atoms with E-state index in [1.54, 1.807) is 6.07 Å². The Hall–Kier alpha value is -1.61. The molecule has 1 aliphatic heterocycles. The smallest absolute Gasteiger partial charge is 0.123 e. The molecule has 3 rings (SSSR count). The van der Waals surface area contributed by atoms with Crippen molar-refractivity contribution in [2.45, 2.75) is 13.8 Å². The molecule has 0 atom stereocenters. The van der Waals surface area contributed by atoms with Crippen LogP contribution in [0.1, 0.15) is 13.8 Å². The van der Waals surface area contributed by atoms with Crippen LogP contribution in [0.15, 0.2) is 36.4 Å². The van der Waals surface area contributed by atoms with Gasteiger partial charge in [0.1, 0.15) is 5.82 Å². The van der Waals surface area contributed by atoms with Gasteiger partial charge in [-0.2, -0.15) is 0 Å². The SMILES string of the molecule is CC(C)CN1CCN(c2cccc3ccc(F)cc23)CC1. The number of benzene rings is 2. The van der Waals surface area contributed by atoms with Gasteiger partial charge in [0.25, 0.3) is 0 Å². The van der Waals surface area contributed by atoms with Crippen molar-refractivity contribution in [1.82, 2.24) is 4.90 Å². The zero-order valence-electron chi connectivity index (χ0n) is 12.8. The van der Waals surface area contributed by atoms with Gasteiger partial charge < -0.3 is 4.90 Å². The molecule has 0 aliphatic carbocycles. The first-order valence-electron chi connectivity index (χ1n) is 7.79. The van der Waals surface area contributed by atoms with Gasteiger partial charge >= 0.3 is 0 Å². The van der Waals surface area contributed by atoms with Gasteiger partial charge in [0.2, 0.25) is 0 Å². The largest absolute Gasteiger partial charge is 0.368 e. The van der Waals surface area contributed by atoms with Gasteiger partial charge in [-0.3, -0.25) is 4.90 Å². The minimum atomic E-state index is -0.159. The van der Waals surface area contributed by atoms with Crippen LogP contribution < -0.4 is 4.90 Å². The number of piperazine rings is 1. The summed E-state index contributed by atoms with van der Waals surface area (Å²) >= 11 is 0. The maximum absolute atomic E-state index is 13.6. The molecule has 3 heteroatoms. The molecule has 2 nitrogen and oxygen atoms in total. The Labute approximate surface area is 126 Å². The molecule has 112 valence electrons. The third-order valence-electron chi connectivity index (χ3n) is 4.16. The highest BCUT2D eigenvalue weighted by atomic mass is 19.1. The highest BCUT2D eigenvalue weighted by molar-refractivity contribution is 5.94. The fourth-order valence-electron chi connectivity index (χ4n) is 3.19. The molecule has 0 radical (unpaired) electrons. The molecular weight excluding hydrogens is 263 g/mol. The van der Waals surface area contributed by atoms with Gasteiger partial charge in [0, 0.05) is 43.8 Å². The second kappa shape index (κ2) is 6.02. The lowest BCUT2D eigenvalue weighted by Crippen LogP contribution is -2.47. The van der Waals surface area contributed by atoms with E-state index in [1.165, 1.54) is 6.07 Å². The van der Waals surface area contributed by atoms with E-state index < -0.39 is 0 Å². The number of halogens is 1. The molecule has 0 spiro atoms. The highest BCUT2D eigenvalue weighted by Gasteiger charge is 2.19. The molecule has 0 unspecified atom stereocenters. The zero-order chi connectivity index (χ0) is 14.8. The first-order chi connectivity index (χ1) is 10.1. The standard InChI is InChI=1S/C18H23FN2/c1-14(2)13-20-8-10-21(11-9-20)18-5-3-4-15-6-7-16(19)12-17(15)18/h3-7,12,14H,8-11,13H2,1-2H3. The first-order valence-corrected chi connectivity index (χ1v) is 7.79. The maximum atomic E-state index is 13.6. The second-order valence-corrected chi connectivity index (χ2v) is 6.32. The van der Waals surface area contributed by atoms with Crippen LogP contribution >= 0.6 is 0 Å². The van der Waals surface area contributed by atoms with Gasteiger partial charge in [0.05, 0.1) is 0 Å². The van der Waals surface area contributed by atoms with Gasteiger partial charge in [0.15, 0.2) is 0 Å². The van der Waals surface area contributed by atoms with Gasteiger partial charge in [-0.05, 0) is 29.5 Å². The van der Waals surface area contributed by atoms with E-state index in [-0.39, 0.29) is 5.82 Å². The normalized spacial score (nSPS) is 16.9. The van der Waals surface area contributed by atoms with Crippen LogP contribution in [-0.4, -0.2) is 37.6 Å². The third kappa shape index (κ3) is 3.18. The maximum Gasteiger partial charge on any atom is 0.123 e. The number of anilines is 1. The molecule has 21 heavy (non-hydrogen) atoms. The van der Waals surface area contributed by atoms with Crippen LogP contribution in [0.2, 0.25) is 0 Å². The highest BCUT2D eigenvalue weighted by Crippen LogP contribution is 2.28. The molecule has 0 saturated carbocycles. The van der Waals surface area contributed by atoms with E-state index >= 15 is 0 Å². The number of hydrogen-bond donors (Lipinski definition) is 0. The summed E-state index contributed by atoms with van der Waals surface area (Å²) in [6.07, 6.45) is 0. The number of fused-ring (bicyclic) bond motifs is 1. The molecule has 2 aromatic carbocycles. The van der Waals surface area contributed by atoms with Crippen molar-refractivity contribution >= 4 is 16.5 Å². The predicted octanol–water partition coefficient (Wildman–Crippen LogP) is 3.76. The number of hydrogen-bond acceptors (Lipinski definition) is 2. The predicted molar refractivity (Wildman–Crippen MR) is 87.4 cm³/mol. The number of nitrogens with zero attached hydrogens (tertiary/aromatic N) is 2.